The molecule has 2 aromatic rings. The lowest BCUT2D eigenvalue weighted by molar-refractivity contribution is -0.119. The molecule has 0 radical (unpaired) electrons. The summed E-state index contributed by atoms with van der Waals surface area (Å²) in [6, 6.07) is 16.6. The van der Waals surface area contributed by atoms with Crippen molar-refractivity contribution in [2.75, 3.05) is 0 Å². The molecule has 0 fully saturated rings. The Balaban J connectivity index is 1.94. The summed E-state index contributed by atoms with van der Waals surface area (Å²) in [5.41, 5.74) is 1.41. The molecule has 1 N–H and O–H groups in total. The number of hydrogen-bond acceptors (Lipinski definition) is 4. The van der Waals surface area contributed by atoms with Crippen molar-refractivity contribution in [3.63, 3.8) is 0 Å². The smallest absolute Gasteiger partial charge is 0.264 e. The van der Waals surface area contributed by atoms with Crippen LogP contribution < -0.4 is 4.72 Å². The Bertz CT molecular complexity index is 792. The summed E-state index contributed by atoms with van der Waals surface area (Å²) >= 11 is 0. The van der Waals surface area contributed by atoms with Gasteiger partial charge in [-0.1, -0.05) is 30.3 Å². The molecule has 6 heteroatoms. The molecule has 0 atom stereocenters. The largest absolute Gasteiger partial charge is 0.274 e. The van der Waals surface area contributed by atoms with E-state index in [-0.39, 0.29) is 11.3 Å². The van der Waals surface area contributed by atoms with Crippen LogP contribution in [0, 0.1) is 11.3 Å². The fraction of sp³-hybridized carbons (Fsp3) is 0.125. The van der Waals surface area contributed by atoms with Gasteiger partial charge in [0.15, 0.2) is 0 Å². The van der Waals surface area contributed by atoms with E-state index in [1.807, 2.05) is 10.8 Å². The van der Waals surface area contributed by atoms with Crippen molar-refractivity contribution in [1.82, 2.24) is 4.72 Å². The molecule has 2 rings (SSSR count). The lowest BCUT2D eigenvalue weighted by Crippen LogP contribution is -2.30. The molecule has 0 heterocycles. The molecule has 0 unspecified atom stereocenters. The molecular formula is C16H14N2O3S. The molecule has 0 aliphatic carbocycles. The van der Waals surface area contributed by atoms with Crippen molar-refractivity contribution in [3.05, 3.63) is 65.7 Å². The van der Waals surface area contributed by atoms with E-state index in [9.17, 15) is 13.2 Å². The fourth-order valence-electron chi connectivity index (χ4n) is 1.86. The Morgan fingerprint density at radius 1 is 1.05 bits per heavy atom. The minimum absolute atomic E-state index is 0.0535. The monoisotopic (exact) mass is 314 g/mol. The number of nitrogens with zero attached hydrogens (tertiary/aromatic N) is 1. The molecule has 0 bridgehead atoms. The first-order valence-corrected chi connectivity index (χ1v) is 8.09. The Hall–Kier alpha value is -2.65. The molecule has 0 aromatic heterocycles. The van der Waals surface area contributed by atoms with Crippen LogP contribution in [0.1, 0.15) is 17.5 Å². The lowest BCUT2D eigenvalue weighted by atomic mass is 10.1. The van der Waals surface area contributed by atoms with E-state index >= 15 is 0 Å². The number of benzene rings is 2. The topological polar surface area (TPSA) is 87.0 Å². The molecule has 0 saturated carbocycles. The Morgan fingerprint density at radius 3 is 2.27 bits per heavy atom. The molecule has 0 aliphatic heterocycles. The number of rotatable bonds is 5. The molecule has 0 spiro atoms. The zero-order valence-corrected chi connectivity index (χ0v) is 12.5. The predicted octanol–water partition coefficient (Wildman–Crippen LogP) is 2.00. The quantitative estimate of drug-likeness (QED) is 0.914. The van der Waals surface area contributed by atoms with Gasteiger partial charge in [0.25, 0.3) is 10.0 Å². The number of nitriles is 1. The maximum absolute atomic E-state index is 12.0. The minimum Gasteiger partial charge on any atom is -0.274 e. The van der Waals surface area contributed by atoms with Crippen LogP contribution in [0.25, 0.3) is 0 Å². The standard InChI is InChI=1S/C16H14N2O3S/c17-12-14-8-6-13(7-9-14)10-11-16(19)18-22(20,21)15-4-2-1-3-5-15/h1-9H,10-11H2,(H,18,19). The van der Waals surface area contributed by atoms with E-state index in [2.05, 4.69) is 0 Å². The zero-order chi connectivity index (χ0) is 16.0. The maximum Gasteiger partial charge on any atom is 0.264 e. The van der Waals surface area contributed by atoms with Gasteiger partial charge < -0.3 is 0 Å². The van der Waals surface area contributed by atoms with Crippen molar-refractivity contribution in [3.8, 4) is 6.07 Å². The lowest BCUT2D eigenvalue weighted by Gasteiger charge is -2.07. The molecule has 0 aliphatic rings. The summed E-state index contributed by atoms with van der Waals surface area (Å²) < 4.78 is 26.0. The van der Waals surface area contributed by atoms with Crippen LogP contribution >= 0.6 is 0 Å². The van der Waals surface area contributed by atoms with Crippen LogP contribution in [0.4, 0.5) is 0 Å². The van der Waals surface area contributed by atoms with Crippen molar-refractivity contribution < 1.29 is 13.2 Å². The Kier molecular flexibility index (Phi) is 4.92. The van der Waals surface area contributed by atoms with E-state index in [1.54, 1.807) is 42.5 Å². The first kappa shape index (κ1) is 15.7. The summed E-state index contributed by atoms with van der Waals surface area (Å²) in [6.45, 7) is 0. The van der Waals surface area contributed by atoms with E-state index in [0.717, 1.165) is 5.56 Å². The van der Waals surface area contributed by atoms with Gasteiger partial charge in [0.2, 0.25) is 5.91 Å². The van der Waals surface area contributed by atoms with Gasteiger partial charge in [-0.05, 0) is 36.2 Å². The van der Waals surface area contributed by atoms with Gasteiger partial charge in [0, 0.05) is 6.42 Å². The second kappa shape index (κ2) is 6.87. The minimum atomic E-state index is -3.82. The summed E-state index contributed by atoms with van der Waals surface area (Å²) in [4.78, 5) is 11.8. The number of aryl methyl sites for hydroxylation is 1. The third-order valence-electron chi connectivity index (χ3n) is 3.03. The average Bonchev–Trinajstić information content (AvgIpc) is 2.54. The Labute approximate surface area is 129 Å². The van der Waals surface area contributed by atoms with Gasteiger partial charge in [0.05, 0.1) is 16.5 Å². The highest BCUT2D eigenvalue weighted by atomic mass is 32.2. The first-order chi connectivity index (χ1) is 10.5. The maximum atomic E-state index is 12.0. The van der Waals surface area contributed by atoms with E-state index in [0.29, 0.717) is 12.0 Å². The van der Waals surface area contributed by atoms with Crippen LogP contribution in [0.2, 0.25) is 0 Å². The van der Waals surface area contributed by atoms with Crippen LogP contribution in [0.5, 0.6) is 0 Å². The van der Waals surface area contributed by atoms with Crippen LogP contribution in [-0.4, -0.2) is 14.3 Å². The van der Waals surface area contributed by atoms with Gasteiger partial charge in [-0.15, -0.1) is 0 Å². The molecule has 1 amide bonds. The number of amides is 1. The zero-order valence-electron chi connectivity index (χ0n) is 11.7. The van der Waals surface area contributed by atoms with E-state index in [4.69, 9.17) is 5.26 Å². The van der Waals surface area contributed by atoms with Gasteiger partial charge in [-0.25, -0.2) is 13.1 Å². The van der Waals surface area contributed by atoms with Gasteiger partial charge in [-0.2, -0.15) is 5.26 Å². The van der Waals surface area contributed by atoms with Crippen LogP contribution in [0.3, 0.4) is 0 Å². The van der Waals surface area contributed by atoms with Crippen molar-refractivity contribution >= 4 is 15.9 Å². The second-order valence-corrected chi connectivity index (χ2v) is 6.33. The highest BCUT2D eigenvalue weighted by Gasteiger charge is 2.16. The second-order valence-electron chi connectivity index (χ2n) is 4.65. The van der Waals surface area contributed by atoms with E-state index in [1.165, 1.54) is 12.1 Å². The van der Waals surface area contributed by atoms with Crippen molar-refractivity contribution in [2.45, 2.75) is 17.7 Å². The van der Waals surface area contributed by atoms with Crippen LogP contribution in [-0.2, 0) is 21.2 Å². The number of sulfonamides is 1. The summed E-state index contributed by atoms with van der Waals surface area (Å²) in [6.07, 6.45) is 0.458. The number of nitrogens with one attached hydrogen (secondary N) is 1. The number of carbonyl (C=O) groups is 1. The first-order valence-electron chi connectivity index (χ1n) is 6.61. The normalized spacial score (nSPS) is 10.7. The summed E-state index contributed by atoms with van der Waals surface area (Å²) in [5, 5.41) is 8.70. The third-order valence-corrected chi connectivity index (χ3v) is 4.41. The number of carbonyl (C=O) groups excluding carboxylic acids is 1. The molecule has 22 heavy (non-hydrogen) atoms. The number of hydrogen-bond donors (Lipinski definition) is 1. The predicted molar refractivity (Wildman–Crippen MR) is 81.2 cm³/mol. The Morgan fingerprint density at radius 2 is 1.68 bits per heavy atom. The molecule has 112 valence electrons. The van der Waals surface area contributed by atoms with Gasteiger partial charge >= 0.3 is 0 Å². The SMILES string of the molecule is N#Cc1ccc(CCC(=O)NS(=O)(=O)c2ccccc2)cc1. The van der Waals surface area contributed by atoms with Crippen LogP contribution in [0.15, 0.2) is 59.5 Å². The highest BCUT2D eigenvalue weighted by molar-refractivity contribution is 7.90. The van der Waals surface area contributed by atoms with Gasteiger partial charge in [-0.3, -0.25) is 4.79 Å². The van der Waals surface area contributed by atoms with E-state index < -0.39 is 15.9 Å². The van der Waals surface area contributed by atoms with Crippen molar-refractivity contribution in [1.29, 1.82) is 5.26 Å². The summed E-state index contributed by atoms with van der Waals surface area (Å²) in [5.74, 6) is -0.562. The average molecular weight is 314 g/mol. The molecule has 2 aromatic carbocycles. The fourth-order valence-corrected chi connectivity index (χ4v) is 2.90. The summed E-state index contributed by atoms with van der Waals surface area (Å²) in [7, 11) is -3.82. The van der Waals surface area contributed by atoms with Crippen molar-refractivity contribution in [2.24, 2.45) is 0 Å². The molecular weight excluding hydrogens is 300 g/mol. The highest BCUT2D eigenvalue weighted by Crippen LogP contribution is 2.09. The molecule has 5 nitrogen and oxygen atoms in total. The molecule has 0 saturated heterocycles. The third kappa shape index (κ3) is 4.17. The van der Waals surface area contributed by atoms with Gasteiger partial charge in [0.1, 0.15) is 0 Å².